The van der Waals surface area contributed by atoms with E-state index in [1.165, 1.54) is 35.0 Å². The van der Waals surface area contributed by atoms with E-state index in [9.17, 15) is 9.59 Å². The third kappa shape index (κ3) is 3.03. The molecule has 0 bridgehead atoms. The molecule has 0 aromatic carbocycles. The first-order chi connectivity index (χ1) is 8.97. The predicted molar refractivity (Wildman–Crippen MR) is 71.2 cm³/mol. The molecule has 0 fully saturated rings. The molecule has 0 saturated heterocycles. The van der Waals surface area contributed by atoms with Crippen molar-refractivity contribution < 1.29 is 14.3 Å². The molecule has 0 aliphatic heterocycles. The van der Waals surface area contributed by atoms with Crippen molar-refractivity contribution in [3.63, 3.8) is 0 Å². The largest absolute Gasteiger partial charge is 0.425 e. The molecule has 19 heavy (non-hydrogen) atoms. The first kappa shape index (κ1) is 13.4. The minimum absolute atomic E-state index is 0.117. The Morgan fingerprint density at radius 2 is 1.95 bits per heavy atom. The first-order valence-electron chi connectivity index (χ1n) is 5.64. The van der Waals surface area contributed by atoms with Crippen LogP contribution in [-0.2, 0) is 4.79 Å². The highest BCUT2D eigenvalue weighted by Gasteiger charge is 2.02. The number of esters is 1. The SMILES string of the molecule is CC(=O)Oc1ccn(C(C)=O)c1.Clc1cc2ccc1=2. The average Bonchev–Trinajstić information content (AvgIpc) is 2.74. The van der Waals surface area contributed by atoms with Gasteiger partial charge < -0.3 is 4.74 Å². The van der Waals surface area contributed by atoms with Crippen molar-refractivity contribution in [3.8, 4) is 5.75 Å². The number of carbonyl (C=O) groups is 2. The Morgan fingerprint density at radius 1 is 1.21 bits per heavy atom. The van der Waals surface area contributed by atoms with Crippen molar-refractivity contribution in [1.82, 2.24) is 4.57 Å². The molecule has 2 aliphatic carbocycles. The van der Waals surface area contributed by atoms with Crippen LogP contribution in [0.15, 0.2) is 36.7 Å². The summed E-state index contributed by atoms with van der Waals surface area (Å²) in [5.41, 5.74) is 0. The standard InChI is InChI=1S/C8H9NO3.C6H3Cl/c1-6(10)9-4-3-8(5-9)12-7(2)11;7-6-3-4-1-2-5(4)6/h3-5H,1-2H3;1-3H. The summed E-state index contributed by atoms with van der Waals surface area (Å²) in [6.45, 7) is 2.74. The average molecular weight is 278 g/mol. The van der Waals surface area contributed by atoms with Crippen LogP contribution in [0.5, 0.6) is 5.75 Å². The zero-order valence-corrected chi connectivity index (χ0v) is 11.3. The smallest absolute Gasteiger partial charge is 0.308 e. The Balaban J connectivity index is 0.000000159. The van der Waals surface area contributed by atoms with E-state index in [1.54, 1.807) is 12.3 Å². The number of hydrogen-bond donors (Lipinski definition) is 0. The van der Waals surface area contributed by atoms with Gasteiger partial charge in [-0.25, -0.2) is 0 Å². The normalized spacial score (nSPS) is 10.3. The molecule has 0 radical (unpaired) electrons. The number of hydrogen-bond acceptors (Lipinski definition) is 3. The summed E-state index contributed by atoms with van der Waals surface area (Å²) in [6, 6.07) is 7.61. The molecule has 1 aromatic rings. The summed E-state index contributed by atoms with van der Waals surface area (Å²) < 4.78 is 6.08. The van der Waals surface area contributed by atoms with Crippen LogP contribution in [0.2, 0.25) is 5.02 Å². The van der Waals surface area contributed by atoms with Crippen molar-refractivity contribution >= 4 is 23.5 Å². The number of carbonyl (C=O) groups excluding carboxylic acids is 2. The lowest BCUT2D eigenvalue weighted by Gasteiger charge is -2.01. The molecule has 1 aromatic heterocycles. The second-order valence-corrected chi connectivity index (χ2v) is 4.47. The van der Waals surface area contributed by atoms with E-state index in [0.29, 0.717) is 5.75 Å². The lowest BCUT2D eigenvalue weighted by atomic mass is 10.1. The fraction of sp³-hybridized carbons (Fsp3) is 0.143. The Labute approximate surface area is 114 Å². The Morgan fingerprint density at radius 3 is 2.21 bits per heavy atom. The second kappa shape index (κ2) is 5.28. The lowest BCUT2D eigenvalue weighted by Crippen LogP contribution is -2.03. The van der Waals surface area contributed by atoms with Crippen LogP contribution in [0.25, 0.3) is 0 Å². The molecular formula is C14H12ClNO3. The molecule has 2 aliphatic rings. The van der Waals surface area contributed by atoms with Crippen molar-refractivity contribution in [2.75, 3.05) is 0 Å². The highest BCUT2D eigenvalue weighted by molar-refractivity contribution is 6.31. The summed E-state index contributed by atoms with van der Waals surface area (Å²) in [6.07, 6.45) is 3.00. The van der Waals surface area contributed by atoms with Crippen LogP contribution in [0.3, 0.4) is 0 Å². The van der Waals surface area contributed by atoms with Crippen molar-refractivity contribution in [2.24, 2.45) is 0 Å². The fourth-order valence-corrected chi connectivity index (χ4v) is 1.83. The van der Waals surface area contributed by atoms with Crippen LogP contribution >= 0.6 is 11.6 Å². The van der Waals surface area contributed by atoms with Gasteiger partial charge >= 0.3 is 5.97 Å². The molecule has 0 unspecified atom stereocenters. The minimum Gasteiger partial charge on any atom is -0.425 e. The molecule has 98 valence electrons. The van der Waals surface area contributed by atoms with Crippen LogP contribution in [0.4, 0.5) is 0 Å². The molecule has 0 amide bonds. The fourth-order valence-electron chi connectivity index (χ4n) is 1.54. The van der Waals surface area contributed by atoms with E-state index in [2.05, 4.69) is 6.07 Å². The maximum Gasteiger partial charge on any atom is 0.308 e. The van der Waals surface area contributed by atoms with E-state index in [1.807, 2.05) is 12.1 Å². The number of nitrogens with zero attached hydrogens (tertiary/aromatic N) is 1. The van der Waals surface area contributed by atoms with Crippen LogP contribution in [0.1, 0.15) is 18.6 Å². The number of rotatable bonds is 1. The van der Waals surface area contributed by atoms with Crippen LogP contribution < -0.4 is 4.74 Å². The summed E-state index contributed by atoms with van der Waals surface area (Å²) in [5.74, 6) is -0.123. The van der Waals surface area contributed by atoms with Crippen LogP contribution in [0, 0.1) is 10.4 Å². The minimum atomic E-state index is -0.392. The third-order valence-corrected chi connectivity index (χ3v) is 2.88. The van der Waals surface area contributed by atoms with E-state index < -0.39 is 5.97 Å². The Kier molecular flexibility index (Phi) is 3.71. The lowest BCUT2D eigenvalue weighted by molar-refractivity contribution is -0.131. The van der Waals surface area contributed by atoms with Gasteiger partial charge in [0, 0.05) is 30.3 Å². The van der Waals surface area contributed by atoms with E-state index in [4.69, 9.17) is 16.3 Å². The Bertz CT molecular complexity index is 733. The maximum atomic E-state index is 10.8. The van der Waals surface area contributed by atoms with E-state index in [0.717, 1.165) is 5.02 Å². The molecule has 3 rings (SSSR count). The van der Waals surface area contributed by atoms with Crippen molar-refractivity contribution in [1.29, 1.82) is 0 Å². The van der Waals surface area contributed by atoms with Crippen molar-refractivity contribution in [2.45, 2.75) is 13.8 Å². The van der Waals surface area contributed by atoms with Gasteiger partial charge in [0.2, 0.25) is 5.91 Å². The number of aromatic nitrogens is 1. The summed E-state index contributed by atoms with van der Waals surface area (Å²) in [7, 11) is 0. The summed E-state index contributed by atoms with van der Waals surface area (Å²) in [4.78, 5) is 21.2. The molecular weight excluding hydrogens is 266 g/mol. The quantitative estimate of drug-likeness (QED) is 0.643. The molecule has 4 nitrogen and oxygen atoms in total. The molecule has 0 N–H and O–H groups in total. The molecule has 5 heteroatoms. The van der Waals surface area contributed by atoms with E-state index >= 15 is 0 Å². The first-order valence-corrected chi connectivity index (χ1v) is 6.02. The van der Waals surface area contributed by atoms with Gasteiger partial charge in [0.05, 0.1) is 6.20 Å². The van der Waals surface area contributed by atoms with Gasteiger partial charge in [0.15, 0.2) is 0 Å². The topological polar surface area (TPSA) is 48.3 Å². The highest BCUT2D eigenvalue weighted by Crippen LogP contribution is 2.20. The predicted octanol–water partition coefficient (Wildman–Crippen LogP) is 3.01. The van der Waals surface area contributed by atoms with Gasteiger partial charge in [-0.3, -0.25) is 14.2 Å². The summed E-state index contributed by atoms with van der Waals surface area (Å²) in [5, 5.41) is 3.46. The molecule has 0 spiro atoms. The van der Waals surface area contributed by atoms with Gasteiger partial charge in [-0.2, -0.15) is 0 Å². The molecule has 0 saturated carbocycles. The van der Waals surface area contributed by atoms with Gasteiger partial charge in [0.1, 0.15) is 5.75 Å². The van der Waals surface area contributed by atoms with Crippen LogP contribution in [-0.4, -0.2) is 16.4 Å². The molecule has 1 heterocycles. The van der Waals surface area contributed by atoms with Gasteiger partial charge in [0.25, 0.3) is 0 Å². The Hall–Kier alpha value is -2.07. The van der Waals surface area contributed by atoms with Gasteiger partial charge in [-0.1, -0.05) is 23.7 Å². The zero-order valence-electron chi connectivity index (χ0n) is 10.5. The monoisotopic (exact) mass is 277 g/mol. The number of ether oxygens (including phenoxy) is 1. The van der Waals surface area contributed by atoms with Gasteiger partial charge in [-0.15, -0.1) is 0 Å². The van der Waals surface area contributed by atoms with E-state index in [-0.39, 0.29) is 5.91 Å². The molecule has 0 atom stereocenters. The number of halogens is 1. The second-order valence-electron chi connectivity index (χ2n) is 4.06. The van der Waals surface area contributed by atoms with Gasteiger partial charge in [-0.05, 0) is 17.4 Å². The van der Waals surface area contributed by atoms with Crippen molar-refractivity contribution in [3.05, 3.63) is 52.1 Å². The number of benzene rings is 1. The third-order valence-electron chi connectivity index (χ3n) is 2.57. The highest BCUT2D eigenvalue weighted by atomic mass is 35.5. The maximum absolute atomic E-state index is 10.8. The summed E-state index contributed by atoms with van der Waals surface area (Å²) >= 11 is 5.60. The zero-order chi connectivity index (χ0) is 14.0.